The van der Waals surface area contributed by atoms with Gasteiger partial charge in [-0.2, -0.15) is 0 Å². The molecule has 3 heterocycles. The molecule has 4 rings (SSSR count). The van der Waals surface area contributed by atoms with Gasteiger partial charge in [-0.3, -0.25) is 14.6 Å². The average Bonchev–Trinajstić information content (AvgIpc) is 3.26. The van der Waals surface area contributed by atoms with Crippen LogP contribution in [0.1, 0.15) is 34.9 Å². The summed E-state index contributed by atoms with van der Waals surface area (Å²) in [4.78, 5) is 29.6. The lowest BCUT2D eigenvalue weighted by Gasteiger charge is -2.40. The number of benzene rings is 1. The van der Waals surface area contributed by atoms with Gasteiger partial charge in [-0.15, -0.1) is 0 Å². The summed E-state index contributed by atoms with van der Waals surface area (Å²) in [5.74, 6) is -2.09. The number of aryl methyl sites for hydroxylation is 1. The van der Waals surface area contributed by atoms with Crippen molar-refractivity contribution in [2.75, 3.05) is 19.8 Å². The van der Waals surface area contributed by atoms with Crippen molar-refractivity contribution in [3.8, 4) is 16.9 Å². The minimum Gasteiger partial charge on any atom is -0.485 e. The standard InChI is InChI=1S/C24H22ClF3N4O5/c1-12-6-18(37-32-12)22(33)31-24(10-35-11-24)23(34)30-13(2)20-17(26)7-14(8-29-20)15-4-3-5-16(25)21(15)36-9-19(27)28/h3-8,13,19H,9-11H2,1-2H3,(H,30,34)(H,31,33)/t13-/m1/s1. The number of halogens is 4. The quantitative estimate of drug-likeness (QED) is 0.425. The topological polar surface area (TPSA) is 116 Å². The number of hydrogen-bond acceptors (Lipinski definition) is 7. The Bertz CT molecular complexity index is 1320. The van der Waals surface area contributed by atoms with E-state index in [1.165, 1.54) is 31.3 Å². The molecule has 0 radical (unpaired) electrons. The van der Waals surface area contributed by atoms with Crippen molar-refractivity contribution in [3.63, 3.8) is 0 Å². The third-order valence-corrected chi connectivity index (χ3v) is 5.89. The fraction of sp³-hybridized carbons (Fsp3) is 0.333. The highest BCUT2D eigenvalue weighted by molar-refractivity contribution is 6.32. The number of nitrogens with zero attached hydrogens (tertiary/aromatic N) is 2. The molecule has 1 aliphatic heterocycles. The van der Waals surface area contributed by atoms with E-state index >= 15 is 4.39 Å². The summed E-state index contributed by atoms with van der Waals surface area (Å²) in [5.41, 5.74) is -0.441. The van der Waals surface area contributed by atoms with Gasteiger partial charge in [0.05, 0.1) is 35.7 Å². The molecule has 3 aromatic rings. The number of para-hydroxylation sites is 1. The molecule has 0 unspecified atom stereocenters. The second-order valence-electron chi connectivity index (χ2n) is 8.47. The Morgan fingerprint density at radius 2 is 2.03 bits per heavy atom. The van der Waals surface area contributed by atoms with E-state index in [1.54, 1.807) is 13.0 Å². The van der Waals surface area contributed by atoms with E-state index in [1.807, 2.05) is 0 Å². The Balaban J connectivity index is 1.49. The fourth-order valence-electron chi connectivity index (χ4n) is 3.66. The number of ether oxygens (including phenoxy) is 2. The van der Waals surface area contributed by atoms with Gasteiger partial charge in [-0.1, -0.05) is 28.9 Å². The van der Waals surface area contributed by atoms with Gasteiger partial charge in [-0.05, 0) is 26.0 Å². The molecule has 2 amide bonds. The van der Waals surface area contributed by atoms with E-state index in [4.69, 9.17) is 25.6 Å². The summed E-state index contributed by atoms with van der Waals surface area (Å²) in [7, 11) is 0. The summed E-state index contributed by atoms with van der Waals surface area (Å²) in [6.45, 7) is 2.11. The molecule has 0 saturated carbocycles. The molecule has 1 aromatic carbocycles. The van der Waals surface area contributed by atoms with Crippen LogP contribution in [0.15, 0.2) is 41.1 Å². The molecule has 1 saturated heterocycles. The lowest BCUT2D eigenvalue weighted by Crippen LogP contribution is -2.70. The van der Waals surface area contributed by atoms with Gasteiger partial charge in [0.2, 0.25) is 5.76 Å². The van der Waals surface area contributed by atoms with Crippen LogP contribution in [0, 0.1) is 12.7 Å². The van der Waals surface area contributed by atoms with Crippen molar-refractivity contribution in [2.24, 2.45) is 0 Å². The van der Waals surface area contributed by atoms with Gasteiger partial charge in [0, 0.05) is 23.4 Å². The van der Waals surface area contributed by atoms with Gasteiger partial charge in [-0.25, -0.2) is 13.2 Å². The molecular formula is C24H22ClF3N4O5. The molecule has 13 heteroatoms. The fourth-order valence-corrected chi connectivity index (χ4v) is 3.89. The number of nitrogens with one attached hydrogen (secondary N) is 2. The van der Waals surface area contributed by atoms with E-state index in [-0.39, 0.29) is 46.6 Å². The number of alkyl halides is 2. The molecule has 0 spiro atoms. The first-order chi connectivity index (χ1) is 17.6. The lowest BCUT2D eigenvalue weighted by atomic mass is 9.95. The molecule has 9 nitrogen and oxygen atoms in total. The number of pyridine rings is 1. The molecule has 37 heavy (non-hydrogen) atoms. The van der Waals surface area contributed by atoms with Crippen molar-refractivity contribution in [3.05, 3.63) is 64.5 Å². The molecule has 1 atom stereocenters. The van der Waals surface area contributed by atoms with E-state index in [0.717, 1.165) is 6.07 Å². The zero-order chi connectivity index (χ0) is 26.7. The van der Waals surface area contributed by atoms with Crippen molar-refractivity contribution in [1.82, 2.24) is 20.8 Å². The van der Waals surface area contributed by atoms with Crippen molar-refractivity contribution in [1.29, 1.82) is 0 Å². The highest BCUT2D eigenvalue weighted by Crippen LogP contribution is 2.37. The summed E-state index contributed by atoms with van der Waals surface area (Å²) in [5, 5.41) is 8.96. The lowest BCUT2D eigenvalue weighted by molar-refractivity contribution is -0.147. The number of aromatic nitrogens is 2. The van der Waals surface area contributed by atoms with Gasteiger partial charge in [0.15, 0.2) is 5.54 Å². The van der Waals surface area contributed by atoms with Crippen LogP contribution < -0.4 is 15.4 Å². The van der Waals surface area contributed by atoms with Gasteiger partial charge in [0.1, 0.15) is 18.2 Å². The van der Waals surface area contributed by atoms with E-state index in [9.17, 15) is 18.4 Å². The maximum Gasteiger partial charge on any atom is 0.290 e. The predicted octanol–water partition coefficient (Wildman–Crippen LogP) is 3.86. The average molecular weight is 539 g/mol. The summed E-state index contributed by atoms with van der Waals surface area (Å²) >= 11 is 6.10. The van der Waals surface area contributed by atoms with Gasteiger partial charge >= 0.3 is 0 Å². The Morgan fingerprint density at radius 1 is 1.27 bits per heavy atom. The molecule has 1 fully saturated rings. The molecule has 2 aromatic heterocycles. The number of hydrogen-bond donors (Lipinski definition) is 2. The smallest absolute Gasteiger partial charge is 0.290 e. The van der Waals surface area contributed by atoms with E-state index in [0.29, 0.717) is 5.69 Å². The summed E-state index contributed by atoms with van der Waals surface area (Å²) < 4.78 is 55.6. The zero-order valence-corrected chi connectivity index (χ0v) is 20.4. The second-order valence-corrected chi connectivity index (χ2v) is 8.87. The summed E-state index contributed by atoms with van der Waals surface area (Å²) in [6, 6.07) is 6.24. The Hall–Kier alpha value is -3.64. The van der Waals surface area contributed by atoms with E-state index in [2.05, 4.69) is 20.8 Å². The predicted molar refractivity (Wildman–Crippen MR) is 125 cm³/mol. The van der Waals surface area contributed by atoms with Crippen LogP contribution in [0.4, 0.5) is 13.2 Å². The van der Waals surface area contributed by atoms with Crippen LogP contribution in [0.25, 0.3) is 11.1 Å². The molecule has 0 aliphatic carbocycles. The van der Waals surface area contributed by atoms with Crippen molar-refractivity contribution < 1.29 is 36.8 Å². The second kappa shape index (κ2) is 10.8. The number of carbonyl (C=O) groups is 2. The van der Waals surface area contributed by atoms with Crippen LogP contribution in [0.2, 0.25) is 5.02 Å². The normalized spacial score (nSPS) is 15.1. The first-order valence-corrected chi connectivity index (χ1v) is 11.5. The number of carbonyl (C=O) groups excluding carboxylic acids is 2. The maximum absolute atomic E-state index is 15.1. The van der Waals surface area contributed by atoms with Gasteiger partial charge < -0.3 is 24.6 Å². The monoisotopic (exact) mass is 538 g/mol. The third kappa shape index (κ3) is 5.70. The zero-order valence-electron chi connectivity index (χ0n) is 19.7. The first kappa shape index (κ1) is 26.4. The van der Waals surface area contributed by atoms with Gasteiger partial charge in [0.25, 0.3) is 18.2 Å². The van der Waals surface area contributed by atoms with Crippen LogP contribution in [-0.2, 0) is 9.53 Å². The van der Waals surface area contributed by atoms with Crippen LogP contribution in [-0.4, -0.2) is 53.7 Å². The molecular weight excluding hydrogens is 517 g/mol. The highest BCUT2D eigenvalue weighted by Gasteiger charge is 2.48. The van der Waals surface area contributed by atoms with Crippen LogP contribution in [0.5, 0.6) is 5.75 Å². The Morgan fingerprint density at radius 3 is 2.62 bits per heavy atom. The van der Waals surface area contributed by atoms with Crippen molar-refractivity contribution >= 4 is 23.4 Å². The van der Waals surface area contributed by atoms with Crippen LogP contribution in [0.3, 0.4) is 0 Å². The van der Waals surface area contributed by atoms with Crippen LogP contribution >= 0.6 is 11.6 Å². The maximum atomic E-state index is 15.1. The molecule has 1 aliphatic rings. The third-order valence-electron chi connectivity index (χ3n) is 5.60. The van der Waals surface area contributed by atoms with E-state index < -0.39 is 42.2 Å². The Labute approximate surface area is 214 Å². The molecule has 0 bridgehead atoms. The van der Waals surface area contributed by atoms with Crippen molar-refractivity contribution in [2.45, 2.75) is 31.9 Å². The minimum absolute atomic E-state index is 0.0237. The first-order valence-electron chi connectivity index (χ1n) is 11.1. The largest absolute Gasteiger partial charge is 0.485 e. The Kier molecular flexibility index (Phi) is 7.69. The summed E-state index contributed by atoms with van der Waals surface area (Å²) in [6.07, 6.45) is -1.40. The molecule has 196 valence electrons. The highest BCUT2D eigenvalue weighted by atomic mass is 35.5. The number of rotatable bonds is 9. The minimum atomic E-state index is -2.72. The SMILES string of the molecule is Cc1cc(C(=O)NC2(C(=O)N[C@H](C)c3ncc(-c4cccc(Cl)c4OCC(F)F)cc3F)COC2)on1. The molecule has 2 N–H and O–H groups in total. The number of amides is 2.